The summed E-state index contributed by atoms with van der Waals surface area (Å²) >= 11 is 15.6. The first-order valence-electron chi connectivity index (χ1n) is 5.91. The van der Waals surface area contributed by atoms with Crippen molar-refractivity contribution >= 4 is 39.1 Å². The third kappa shape index (κ3) is 3.73. The zero-order chi connectivity index (χ0) is 13.8. The fourth-order valence-electron chi connectivity index (χ4n) is 1.99. The number of hydrogen-bond donors (Lipinski definition) is 1. The average Bonchev–Trinajstić information content (AvgIpc) is 2.42. The van der Waals surface area contributed by atoms with Crippen molar-refractivity contribution in [2.45, 2.75) is 12.3 Å². The van der Waals surface area contributed by atoms with Crippen molar-refractivity contribution in [1.29, 1.82) is 0 Å². The van der Waals surface area contributed by atoms with E-state index in [1.54, 1.807) is 6.07 Å². The zero-order valence-electron chi connectivity index (χ0n) is 10.1. The molecule has 0 saturated carbocycles. The van der Waals surface area contributed by atoms with E-state index in [4.69, 9.17) is 23.2 Å². The molecular formula is C15H13BrCl2O. The topological polar surface area (TPSA) is 20.2 Å². The van der Waals surface area contributed by atoms with Crippen LogP contribution in [0.1, 0.15) is 17.0 Å². The van der Waals surface area contributed by atoms with Gasteiger partial charge in [0.1, 0.15) is 0 Å². The Hall–Kier alpha value is -0.540. The van der Waals surface area contributed by atoms with Gasteiger partial charge in [0, 0.05) is 10.4 Å². The minimum Gasteiger partial charge on any atom is -0.396 e. The maximum absolute atomic E-state index is 9.58. The molecule has 0 fully saturated rings. The molecule has 0 aliphatic rings. The molecule has 1 unspecified atom stereocenters. The summed E-state index contributed by atoms with van der Waals surface area (Å²) in [6.07, 6.45) is 0.664. The van der Waals surface area contributed by atoms with Crippen molar-refractivity contribution in [2.75, 3.05) is 6.61 Å². The van der Waals surface area contributed by atoms with Gasteiger partial charge in [-0.25, -0.2) is 0 Å². The molecule has 1 N–H and O–H groups in total. The number of aliphatic hydroxyl groups is 1. The first kappa shape index (κ1) is 14.9. The van der Waals surface area contributed by atoms with Crippen LogP contribution in [0.15, 0.2) is 46.9 Å². The number of aliphatic hydroxyl groups excluding tert-OH is 1. The number of rotatable bonds is 4. The minimum absolute atomic E-state index is 0.0177. The molecule has 2 aromatic carbocycles. The second kappa shape index (κ2) is 6.76. The number of halogens is 3. The second-order valence-electron chi connectivity index (χ2n) is 4.35. The van der Waals surface area contributed by atoms with Crippen molar-refractivity contribution in [3.05, 3.63) is 68.1 Å². The fraction of sp³-hybridized carbons (Fsp3) is 0.200. The molecular weight excluding hydrogens is 347 g/mol. The molecule has 100 valence electrons. The predicted molar refractivity (Wildman–Crippen MR) is 84.1 cm³/mol. The van der Waals surface area contributed by atoms with E-state index < -0.39 is 0 Å². The Morgan fingerprint density at radius 3 is 2.37 bits per heavy atom. The summed E-state index contributed by atoms with van der Waals surface area (Å²) < 4.78 is 1.02. The molecule has 0 heterocycles. The predicted octanol–water partition coefficient (Wildman–Crippen LogP) is 5.07. The molecule has 1 atom stereocenters. The van der Waals surface area contributed by atoms with Crippen LogP contribution in [0.2, 0.25) is 10.0 Å². The van der Waals surface area contributed by atoms with Gasteiger partial charge < -0.3 is 5.11 Å². The second-order valence-corrected chi connectivity index (χ2v) is 6.05. The summed E-state index contributed by atoms with van der Waals surface area (Å²) in [7, 11) is 0. The van der Waals surface area contributed by atoms with E-state index in [1.165, 1.54) is 0 Å². The molecule has 0 saturated heterocycles. The smallest absolute Gasteiger partial charge is 0.0624 e. The van der Waals surface area contributed by atoms with Crippen molar-refractivity contribution in [3.8, 4) is 0 Å². The van der Waals surface area contributed by atoms with Gasteiger partial charge in [-0.15, -0.1) is 0 Å². The first-order valence-corrected chi connectivity index (χ1v) is 7.46. The highest BCUT2D eigenvalue weighted by Crippen LogP contribution is 2.30. The maximum Gasteiger partial charge on any atom is 0.0624 e. The maximum atomic E-state index is 9.58. The van der Waals surface area contributed by atoms with Gasteiger partial charge in [-0.1, -0.05) is 63.4 Å². The molecule has 0 aliphatic heterocycles. The highest BCUT2D eigenvalue weighted by Gasteiger charge is 2.14. The highest BCUT2D eigenvalue weighted by molar-refractivity contribution is 9.10. The Bertz CT molecular complexity index is 555. The Morgan fingerprint density at radius 1 is 1.05 bits per heavy atom. The van der Waals surface area contributed by atoms with Gasteiger partial charge >= 0.3 is 0 Å². The first-order chi connectivity index (χ1) is 9.11. The fourth-order valence-corrected chi connectivity index (χ4v) is 2.66. The summed E-state index contributed by atoms with van der Waals surface area (Å²) in [5, 5.41) is 10.7. The van der Waals surface area contributed by atoms with Gasteiger partial charge in [-0.3, -0.25) is 0 Å². The molecule has 0 bridgehead atoms. The quantitative estimate of drug-likeness (QED) is 0.807. The van der Waals surface area contributed by atoms with E-state index >= 15 is 0 Å². The van der Waals surface area contributed by atoms with Crippen LogP contribution in [-0.4, -0.2) is 11.7 Å². The lowest BCUT2D eigenvalue weighted by Gasteiger charge is -2.16. The lowest BCUT2D eigenvalue weighted by atomic mass is 9.93. The van der Waals surface area contributed by atoms with Gasteiger partial charge in [0.2, 0.25) is 0 Å². The number of hydrogen-bond acceptors (Lipinski definition) is 1. The molecule has 4 heteroatoms. The summed E-state index contributed by atoms with van der Waals surface area (Å²) in [5.74, 6) is 0.0177. The van der Waals surface area contributed by atoms with Gasteiger partial charge in [0.15, 0.2) is 0 Å². The van der Waals surface area contributed by atoms with Gasteiger partial charge in [-0.05, 0) is 35.7 Å². The minimum atomic E-state index is 0.0177. The normalized spacial score (nSPS) is 12.4. The third-order valence-corrected chi connectivity index (χ3v) is 4.45. The molecule has 2 aromatic rings. The van der Waals surface area contributed by atoms with Crippen LogP contribution in [0.25, 0.3) is 0 Å². The van der Waals surface area contributed by atoms with Crippen LogP contribution in [0.4, 0.5) is 0 Å². The van der Waals surface area contributed by atoms with E-state index in [1.807, 2.05) is 36.4 Å². The van der Waals surface area contributed by atoms with Crippen LogP contribution < -0.4 is 0 Å². The molecule has 0 amide bonds. The van der Waals surface area contributed by atoms with E-state index in [0.29, 0.717) is 16.5 Å². The SMILES string of the molecule is OCC(Cc1cccc(Cl)c1Cl)c1ccc(Br)cc1. The molecule has 0 aliphatic carbocycles. The zero-order valence-corrected chi connectivity index (χ0v) is 13.2. The van der Waals surface area contributed by atoms with Crippen molar-refractivity contribution < 1.29 is 5.11 Å². The lowest BCUT2D eigenvalue weighted by molar-refractivity contribution is 0.264. The van der Waals surface area contributed by atoms with Crippen LogP contribution in [-0.2, 0) is 6.42 Å². The Labute approximate surface area is 131 Å². The third-order valence-electron chi connectivity index (χ3n) is 3.06. The standard InChI is InChI=1S/C15H13BrCl2O/c16-13-6-4-10(5-7-13)12(9-19)8-11-2-1-3-14(17)15(11)18/h1-7,12,19H,8-9H2. The monoisotopic (exact) mass is 358 g/mol. The molecule has 0 aromatic heterocycles. The van der Waals surface area contributed by atoms with Crippen LogP contribution >= 0.6 is 39.1 Å². The Kier molecular flexibility index (Phi) is 5.28. The Morgan fingerprint density at radius 2 is 1.74 bits per heavy atom. The van der Waals surface area contributed by atoms with Crippen molar-refractivity contribution in [1.82, 2.24) is 0 Å². The molecule has 2 rings (SSSR count). The van der Waals surface area contributed by atoms with E-state index in [-0.39, 0.29) is 12.5 Å². The largest absolute Gasteiger partial charge is 0.396 e. The van der Waals surface area contributed by atoms with E-state index in [9.17, 15) is 5.11 Å². The summed E-state index contributed by atoms with van der Waals surface area (Å²) in [4.78, 5) is 0. The summed E-state index contributed by atoms with van der Waals surface area (Å²) in [6.45, 7) is 0.0739. The van der Waals surface area contributed by atoms with Crippen molar-refractivity contribution in [2.24, 2.45) is 0 Å². The Balaban J connectivity index is 2.24. The number of benzene rings is 2. The van der Waals surface area contributed by atoms with Crippen LogP contribution in [0.5, 0.6) is 0 Å². The summed E-state index contributed by atoms with van der Waals surface area (Å²) in [6, 6.07) is 13.5. The van der Waals surface area contributed by atoms with Gasteiger partial charge in [-0.2, -0.15) is 0 Å². The van der Waals surface area contributed by atoms with Crippen molar-refractivity contribution in [3.63, 3.8) is 0 Å². The molecule has 0 spiro atoms. The lowest BCUT2D eigenvalue weighted by Crippen LogP contribution is -2.08. The van der Waals surface area contributed by atoms with Crippen LogP contribution in [0, 0.1) is 0 Å². The van der Waals surface area contributed by atoms with E-state index in [2.05, 4.69) is 15.9 Å². The average molecular weight is 360 g/mol. The molecule has 19 heavy (non-hydrogen) atoms. The summed E-state index contributed by atoms with van der Waals surface area (Å²) in [5.41, 5.74) is 2.04. The molecule has 1 nitrogen and oxygen atoms in total. The van der Waals surface area contributed by atoms with Gasteiger partial charge in [0.25, 0.3) is 0 Å². The van der Waals surface area contributed by atoms with Gasteiger partial charge in [0.05, 0.1) is 16.7 Å². The highest BCUT2D eigenvalue weighted by atomic mass is 79.9. The molecule has 0 radical (unpaired) electrons. The van der Waals surface area contributed by atoms with Crippen LogP contribution in [0.3, 0.4) is 0 Å². The van der Waals surface area contributed by atoms with E-state index in [0.717, 1.165) is 15.6 Å².